The number of rotatable bonds is 2. The maximum absolute atomic E-state index is 12.1. The van der Waals surface area contributed by atoms with E-state index in [9.17, 15) is 18.0 Å². The van der Waals surface area contributed by atoms with Crippen LogP contribution in [0.25, 0.3) is 0 Å². The highest BCUT2D eigenvalue weighted by atomic mass is 19.4. The summed E-state index contributed by atoms with van der Waals surface area (Å²) in [6.07, 6.45) is -4.83. The molecule has 1 rings (SSSR count). The number of hydrogen-bond donors (Lipinski definition) is 0. The van der Waals surface area contributed by atoms with Crippen molar-refractivity contribution in [2.45, 2.75) is 19.6 Å². The molecule has 0 aromatic carbocycles. The molecule has 6 heteroatoms. The van der Waals surface area contributed by atoms with Crippen LogP contribution in [0.4, 0.5) is 13.2 Å². The summed E-state index contributed by atoms with van der Waals surface area (Å²) >= 11 is 0. The molecule has 0 radical (unpaired) electrons. The van der Waals surface area contributed by atoms with E-state index in [1.807, 2.05) is 0 Å². The number of amides is 1. The Hall–Kier alpha value is -1.59. The molecule has 0 unspecified atom stereocenters. The summed E-state index contributed by atoms with van der Waals surface area (Å²) in [4.78, 5) is 15.4. The van der Waals surface area contributed by atoms with Gasteiger partial charge in [0.25, 0.3) is 0 Å². The summed E-state index contributed by atoms with van der Waals surface area (Å²) in [5.74, 6) is -1.86. The van der Waals surface area contributed by atoms with Crippen LogP contribution in [0, 0.1) is 6.92 Å². The molecule has 1 aromatic heterocycles. The Morgan fingerprint density at radius 2 is 2.06 bits per heavy atom. The number of hydrogen-bond acceptors (Lipinski definition) is 2. The Morgan fingerprint density at radius 3 is 2.56 bits per heavy atom. The summed E-state index contributed by atoms with van der Waals surface area (Å²) in [6.45, 7) is 1.58. The van der Waals surface area contributed by atoms with Crippen molar-refractivity contribution < 1.29 is 18.0 Å². The zero-order chi connectivity index (χ0) is 12.3. The van der Waals surface area contributed by atoms with Crippen molar-refractivity contribution in [2.24, 2.45) is 0 Å². The molecule has 0 saturated heterocycles. The maximum atomic E-state index is 12.1. The predicted molar refractivity (Wildman–Crippen MR) is 51.5 cm³/mol. The summed E-state index contributed by atoms with van der Waals surface area (Å²) in [5.41, 5.74) is 1.13. The summed E-state index contributed by atoms with van der Waals surface area (Å²) in [7, 11) is 1.10. The number of nitrogens with zero attached hydrogens (tertiary/aromatic N) is 2. The van der Waals surface area contributed by atoms with E-state index in [1.54, 1.807) is 25.1 Å². The quantitative estimate of drug-likeness (QED) is 0.780. The molecule has 0 N–H and O–H groups in total. The molecule has 1 amide bonds. The minimum Gasteiger partial charge on any atom is -0.332 e. The first kappa shape index (κ1) is 12.5. The zero-order valence-electron chi connectivity index (χ0n) is 8.88. The van der Waals surface area contributed by atoms with Crippen LogP contribution in [0.5, 0.6) is 0 Å². The first-order chi connectivity index (χ1) is 7.30. The molecule has 1 heterocycles. The average molecular weight is 232 g/mol. The summed E-state index contributed by atoms with van der Waals surface area (Å²) in [6, 6.07) is 4.99. The molecule has 0 aliphatic heterocycles. The van der Waals surface area contributed by atoms with Gasteiger partial charge in [0.2, 0.25) is 0 Å². The topological polar surface area (TPSA) is 33.2 Å². The highest BCUT2D eigenvalue weighted by Crippen LogP contribution is 2.18. The molecule has 16 heavy (non-hydrogen) atoms. The van der Waals surface area contributed by atoms with Crippen LogP contribution in [-0.4, -0.2) is 29.0 Å². The minimum atomic E-state index is -4.83. The molecule has 0 saturated carbocycles. The van der Waals surface area contributed by atoms with Gasteiger partial charge < -0.3 is 4.90 Å². The highest BCUT2D eigenvalue weighted by molar-refractivity contribution is 5.81. The predicted octanol–water partition coefficient (Wildman–Crippen LogP) is 1.91. The van der Waals surface area contributed by atoms with Crippen molar-refractivity contribution in [1.29, 1.82) is 0 Å². The van der Waals surface area contributed by atoms with Crippen LogP contribution in [0.1, 0.15) is 11.4 Å². The molecule has 0 fully saturated rings. The molecule has 0 atom stereocenters. The molecular weight excluding hydrogens is 221 g/mol. The number of pyridine rings is 1. The number of carbonyl (C=O) groups is 1. The fourth-order valence-electron chi connectivity index (χ4n) is 1.22. The summed E-state index contributed by atoms with van der Waals surface area (Å²) in [5, 5.41) is 0. The number of aromatic nitrogens is 1. The molecule has 3 nitrogen and oxygen atoms in total. The number of alkyl halides is 3. The Morgan fingerprint density at radius 1 is 1.44 bits per heavy atom. The number of carbonyl (C=O) groups excluding carboxylic acids is 1. The van der Waals surface area contributed by atoms with E-state index in [0.717, 1.165) is 7.05 Å². The molecule has 88 valence electrons. The lowest BCUT2D eigenvalue weighted by atomic mass is 10.3. The number of halogens is 3. The fourth-order valence-corrected chi connectivity index (χ4v) is 1.22. The van der Waals surface area contributed by atoms with Crippen LogP contribution in [-0.2, 0) is 11.3 Å². The van der Waals surface area contributed by atoms with Gasteiger partial charge in [0.15, 0.2) is 0 Å². The van der Waals surface area contributed by atoms with Crippen LogP contribution in [0.3, 0.4) is 0 Å². The molecule has 1 aromatic rings. The van der Waals surface area contributed by atoms with Crippen molar-refractivity contribution in [3.05, 3.63) is 29.6 Å². The van der Waals surface area contributed by atoms with Crippen molar-refractivity contribution >= 4 is 5.91 Å². The van der Waals surface area contributed by atoms with Gasteiger partial charge in [-0.05, 0) is 19.1 Å². The second-order valence-electron chi connectivity index (χ2n) is 3.43. The van der Waals surface area contributed by atoms with Gasteiger partial charge >= 0.3 is 12.1 Å². The van der Waals surface area contributed by atoms with Crippen molar-refractivity contribution in [3.63, 3.8) is 0 Å². The molecule has 0 aliphatic carbocycles. The lowest BCUT2D eigenvalue weighted by Gasteiger charge is -2.18. The summed E-state index contributed by atoms with van der Waals surface area (Å²) < 4.78 is 36.2. The van der Waals surface area contributed by atoms with Gasteiger partial charge in [0.1, 0.15) is 0 Å². The molecule has 0 aliphatic rings. The molecule has 0 spiro atoms. The standard InChI is InChI=1S/C10H11F3N2O/c1-7-4-3-5-8(14-7)6-15(2)9(16)10(11,12)13/h3-5H,6H2,1-2H3. The minimum absolute atomic E-state index is 0.153. The molecule has 0 bridgehead atoms. The van der Waals surface area contributed by atoms with Gasteiger partial charge in [-0.15, -0.1) is 0 Å². The second-order valence-corrected chi connectivity index (χ2v) is 3.43. The van der Waals surface area contributed by atoms with E-state index >= 15 is 0 Å². The SMILES string of the molecule is Cc1cccc(CN(C)C(=O)C(F)(F)F)n1. The maximum Gasteiger partial charge on any atom is 0.471 e. The Kier molecular flexibility index (Phi) is 3.51. The zero-order valence-corrected chi connectivity index (χ0v) is 8.88. The fraction of sp³-hybridized carbons (Fsp3) is 0.400. The third-order valence-electron chi connectivity index (χ3n) is 1.93. The first-order valence-electron chi connectivity index (χ1n) is 4.55. The third-order valence-corrected chi connectivity index (χ3v) is 1.93. The third kappa shape index (κ3) is 3.22. The second kappa shape index (κ2) is 4.51. The van der Waals surface area contributed by atoms with E-state index in [4.69, 9.17) is 0 Å². The highest BCUT2D eigenvalue weighted by Gasteiger charge is 2.41. The lowest BCUT2D eigenvalue weighted by Crippen LogP contribution is -2.38. The van der Waals surface area contributed by atoms with Crippen LogP contribution >= 0.6 is 0 Å². The monoisotopic (exact) mass is 232 g/mol. The number of aryl methyl sites for hydroxylation is 1. The molecular formula is C10H11F3N2O. The van der Waals surface area contributed by atoms with Crippen LogP contribution in [0.2, 0.25) is 0 Å². The van der Waals surface area contributed by atoms with Gasteiger partial charge in [0, 0.05) is 12.7 Å². The van der Waals surface area contributed by atoms with Gasteiger partial charge in [-0.25, -0.2) is 0 Å². The van der Waals surface area contributed by atoms with Crippen LogP contribution < -0.4 is 0 Å². The smallest absolute Gasteiger partial charge is 0.332 e. The largest absolute Gasteiger partial charge is 0.471 e. The normalized spacial score (nSPS) is 11.3. The van der Waals surface area contributed by atoms with E-state index in [-0.39, 0.29) is 6.54 Å². The van der Waals surface area contributed by atoms with E-state index in [0.29, 0.717) is 16.3 Å². The van der Waals surface area contributed by atoms with E-state index in [2.05, 4.69) is 4.98 Å². The lowest BCUT2D eigenvalue weighted by molar-refractivity contribution is -0.184. The van der Waals surface area contributed by atoms with Gasteiger partial charge in [-0.3, -0.25) is 9.78 Å². The van der Waals surface area contributed by atoms with Crippen molar-refractivity contribution in [3.8, 4) is 0 Å². The van der Waals surface area contributed by atoms with Gasteiger partial charge in [-0.2, -0.15) is 13.2 Å². The van der Waals surface area contributed by atoms with E-state index in [1.165, 1.54) is 0 Å². The van der Waals surface area contributed by atoms with Gasteiger partial charge in [0.05, 0.1) is 12.2 Å². The Labute approximate surface area is 90.9 Å². The first-order valence-corrected chi connectivity index (χ1v) is 4.55. The van der Waals surface area contributed by atoms with Crippen LogP contribution in [0.15, 0.2) is 18.2 Å². The van der Waals surface area contributed by atoms with E-state index < -0.39 is 12.1 Å². The Bertz CT molecular complexity index is 390. The van der Waals surface area contributed by atoms with Crippen molar-refractivity contribution in [2.75, 3.05) is 7.05 Å². The Balaban J connectivity index is 2.72. The average Bonchev–Trinajstić information content (AvgIpc) is 2.15. The van der Waals surface area contributed by atoms with Crippen molar-refractivity contribution in [1.82, 2.24) is 9.88 Å². The van der Waals surface area contributed by atoms with Gasteiger partial charge in [-0.1, -0.05) is 6.07 Å².